The van der Waals surface area contributed by atoms with Gasteiger partial charge in [-0.3, -0.25) is 0 Å². The van der Waals surface area contributed by atoms with Gasteiger partial charge < -0.3 is 5.32 Å². The van der Waals surface area contributed by atoms with Crippen LogP contribution in [0.4, 0.5) is 0 Å². The SMILES string of the molecule is CCCC1(C)NC1C. The summed E-state index contributed by atoms with van der Waals surface area (Å²) in [5, 5.41) is 3.41. The summed E-state index contributed by atoms with van der Waals surface area (Å²) in [6.07, 6.45) is 2.63. The van der Waals surface area contributed by atoms with Gasteiger partial charge in [0.2, 0.25) is 0 Å². The topological polar surface area (TPSA) is 21.9 Å². The lowest BCUT2D eigenvalue weighted by molar-refractivity contribution is 0.595. The van der Waals surface area contributed by atoms with Crippen molar-refractivity contribution in [3.8, 4) is 0 Å². The van der Waals surface area contributed by atoms with Gasteiger partial charge in [0.1, 0.15) is 0 Å². The van der Waals surface area contributed by atoms with Gasteiger partial charge in [-0.25, -0.2) is 0 Å². The third-order valence-corrected chi connectivity index (χ3v) is 2.19. The Morgan fingerprint density at radius 2 is 2.12 bits per heavy atom. The first kappa shape index (κ1) is 6.09. The highest BCUT2D eigenvalue weighted by atomic mass is 15.2. The maximum atomic E-state index is 3.41. The van der Waals surface area contributed by atoms with Gasteiger partial charge in [-0.1, -0.05) is 13.3 Å². The standard InChI is InChI=1S/C7H15N/c1-4-5-7(3)6(2)8-7/h6,8H,4-5H2,1-3H3. The Hall–Kier alpha value is -0.0400. The van der Waals surface area contributed by atoms with Crippen molar-refractivity contribution in [2.45, 2.75) is 45.2 Å². The zero-order valence-electron chi connectivity index (χ0n) is 5.99. The Kier molecular flexibility index (Phi) is 1.31. The van der Waals surface area contributed by atoms with Crippen molar-refractivity contribution in [2.75, 3.05) is 0 Å². The predicted octanol–water partition coefficient (Wildman–Crippen LogP) is 1.54. The molecule has 8 heavy (non-hydrogen) atoms. The van der Waals surface area contributed by atoms with Crippen molar-refractivity contribution in [1.29, 1.82) is 0 Å². The van der Waals surface area contributed by atoms with Gasteiger partial charge in [-0.05, 0) is 20.3 Å². The molecule has 0 bridgehead atoms. The molecule has 1 heterocycles. The lowest BCUT2D eigenvalue weighted by Crippen LogP contribution is -2.08. The Morgan fingerprint density at radius 1 is 1.62 bits per heavy atom. The van der Waals surface area contributed by atoms with E-state index < -0.39 is 0 Å². The van der Waals surface area contributed by atoms with E-state index in [0.717, 1.165) is 6.04 Å². The molecule has 1 N–H and O–H groups in total. The molecule has 1 rings (SSSR count). The van der Waals surface area contributed by atoms with E-state index in [1.165, 1.54) is 12.8 Å². The monoisotopic (exact) mass is 113 g/mol. The van der Waals surface area contributed by atoms with Crippen molar-refractivity contribution in [3.63, 3.8) is 0 Å². The molecule has 0 amide bonds. The van der Waals surface area contributed by atoms with Gasteiger partial charge in [0.05, 0.1) is 0 Å². The molecule has 1 saturated heterocycles. The first-order valence-electron chi connectivity index (χ1n) is 3.47. The maximum Gasteiger partial charge on any atom is 0.0307 e. The molecule has 1 aliphatic heterocycles. The minimum Gasteiger partial charge on any atom is -0.306 e. The van der Waals surface area contributed by atoms with Crippen LogP contribution in [0.1, 0.15) is 33.6 Å². The van der Waals surface area contributed by atoms with E-state index >= 15 is 0 Å². The largest absolute Gasteiger partial charge is 0.306 e. The molecule has 1 fully saturated rings. The Morgan fingerprint density at radius 3 is 2.25 bits per heavy atom. The van der Waals surface area contributed by atoms with Crippen molar-refractivity contribution >= 4 is 0 Å². The minimum atomic E-state index is 0.509. The molecule has 1 aliphatic rings. The van der Waals surface area contributed by atoms with E-state index in [9.17, 15) is 0 Å². The highest BCUT2D eigenvalue weighted by molar-refractivity contribution is 5.07. The van der Waals surface area contributed by atoms with Crippen LogP contribution in [0.5, 0.6) is 0 Å². The fourth-order valence-electron chi connectivity index (χ4n) is 1.26. The Labute approximate surface area is 51.5 Å². The molecular formula is C7H15N. The summed E-state index contributed by atoms with van der Waals surface area (Å²) in [5.41, 5.74) is 0.509. The van der Waals surface area contributed by atoms with Gasteiger partial charge in [0.25, 0.3) is 0 Å². The van der Waals surface area contributed by atoms with Gasteiger partial charge in [-0.15, -0.1) is 0 Å². The summed E-state index contributed by atoms with van der Waals surface area (Å²) in [7, 11) is 0. The van der Waals surface area contributed by atoms with E-state index in [1.807, 2.05) is 0 Å². The molecule has 2 unspecified atom stereocenters. The van der Waals surface area contributed by atoms with Gasteiger partial charge >= 0.3 is 0 Å². The number of rotatable bonds is 2. The van der Waals surface area contributed by atoms with Crippen LogP contribution in [0, 0.1) is 0 Å². The molecule has 48 valence electrons. The molecule has 0 aromatic rings. The van der Waals surface area contributed by atoms with Crippen LogP contribution in [-0.2, 0) is 0 Å². The predicted molar refractivity (Wildman–Crippen MR) is 35.9 cm³/mol. The van der Waals surface area contributed by atoms with Crippen LogP contribution in [0.15, 0.2) is 0 Å². The van der Waals surface area contributed by atoms with Gasteiger partial charge in [-0.2, -0.15) is 0 Å². The van der Waals surface area contributed by atoms with Crippen LogP contribution in [0.2, 0.25) is 0 Å². The molecule has 0 aromatic carbocycles. The second kappa shape index (κ2) is 1.73. The molecule has 0 radical (unpaired) electrons. The first-order valence-corrected chi connectivity index (χ1v) is 3.47. The van der Waals surface area contributed by atoms with Crippen LogP contribution in [0.3, 0.4) is 0 Å². The second-order valence-electron chi connectivity index (χ2n) is 3.03. The molecule has 0 spiro atoms. The summed E-state index contributed by atoms with van der Waals surface area (Å²) in [6.45, 7) is 6.77. The maximum absolute atomic E-state index is 3.41. The van der Waals surface area contributed by atoms with Crippen molar-refractivity contribution in [1.82, 2.24) is 5.32 Å². The molecule has 0 aliphatic carbocycles. The zero-order chi connectivity index (χ0) is 6.20. The van der Waals surface area contributed by atoms with Crippen molar-refractivity contribution < 1.29 is 0 Å². The van der Waals surface area contributed by atoms with Gasteiger partial charge in [0, 0.05) is 11.6 Å². The fraction of sp³-hybridized carbons (Fsp3) is 1.00. The van der Waals surface area contributed by atoms with Crippen LogP contribution in [0.25, 0.3) is 0 Å². The smallest absolute Gasteiger partial charge is 0.0307 e. The molecular weight excluding hydrogens is 98.1 g/mol. The molecule has 0 aromatic heterocycles. The molecule has 1 heteroatoms. The number of nitrogens with one attached hydrogen (secondary N) is 1. The third-order valence-electron chi connectivity index (χ3n) is 2.19. The molecule has 1 nitrogen and oxygen atoms in total. The van der Waals surface area contributed by atoms with Gasteiger partial charge in [0.15, 0.2) is 0 Å². The number of hydrogen-bond acceptors (Lipinski definition) is 1. The summed E-state index contributed by atoms with van der Waals surface area (Å²) in [5.74, 6) is 0. The molecule has 2 atom stereocenters. The first-order chi connectivity index (χ1) is 3.69. The minimum absolute atomic E-state index is 0.509. The zero-order valence-corrected chi connectivity index (χ0v) is 5.99. The van der Waals surface area contributed by atoms with Crippen LogP contribution < -0.4 is 5.32 Å². The van der Waals surface area contributed by atoms with E-state index in [4.69, 9.17) is 0 Å². The van der Waals surface area contributed by atoms with Crippen molar-refractivity contribution in [2.24, 2.45) is 0 Å². The Balaban J connectivity index is 2.25. The van der Waals surface area contributed by atoms with E-state index in [1.54, 1.807) is 0 Å². The quantitative estimate of drug-likeness (QED) is 0.539. The average Bonchev–Trinajstić information content (AvgIpc) is 2.16. The second-order valence-corrected chi connectivity index (χ2v) is 3.03. The fourth-order valence-corrected chi connectivity index (χ4v) is 1.26. The van der Waals surface area contributed by atoms with Crippen LogP contribution in [-0.4, -0.2) is 11.6 Å². The van der Waals surface area contributed by atoms with E-state index in [0.29, 0.717) is 5.54 Å². The van der Waals surface area contributed by atoms with Crippen LogP contribution >= 0.6 is 0 Å². The lowest BCUT2D eigenvalue weighted by atomic mass is 10.0. The highest BCUT2D eigenvalue weighted by Gasteiger charge is 2.44. The van der Waals surface area contributed by atoms with Crippen molar-refractivity contribution in [3.05, 3.63) is 0 Å². The summed E-state index contributed by atoms with van der Waals surface area (Å²) < 4.78 is 0. The molecule has 0 saturated carbocycles. The summed E-state index contributed by atoms with van der Waals surface area (Å²) in [4.78, 5) is 0. The summed E-state index contributed by atoms with van der Waals surface area (Å²) >= 11 is 0. The van der Waals surface area contributed by atoms with E-state index in [2.05, 4.69) is 26.1 Å². The highest BCUT2D eigenvalue weighted by Crippen LogP contribution is 2.29. The summed E-state index contributed by atoms with van der Waals surface area (Å²) in [6, 6.07) is 0.766. The number of hydrogen-bond donors (Lipinski definition) is 1. The normalized spacial score (nSPS) is 44.6. The van der Waals surface area contributed by atoms with E-state index in [-0.39, 0.29) is 0 Å². The third kappa shape index (κ3) is 0.873. The average molecular weight is 113 g/mol. The lowest BCUT2D eigenvalue weighted by Gasteiger charge is -2.02. The Bertz CT molecular complexity index is 90.4.